The summed E-state index contributed by atoms with van der Waals surface area (Å²) in [7, 11) is 0. The zero-order chi connectivity index (χ0) is 21.7. The molecule has 1 heterocycles. The van der Waals surface area contributed by atoms with Crippen LogP contribution in [0.1, 0.15) is 71.0 Å². The molecule has 1 aromatic rings. The fourth-order valence-corrected chi connectivity index (χ4v) is 5.43. The van der Waals surface area contributed by atoms with Gasteiger partial charge in [0.15, 0.2) is 0 Å². The number of amides is 1. The molecule has 1 saturated heterocycles. The molecule has 30 heavy (non-hydrogen) atoms. The van der Waals surface area contributed by atoms with Crippen LogP contribution in [0.5, 0.6) is 0 Å². The minimum absolute atomic E-state index is 0.263. The molecule has 1 aliphatic heterocycles. The maximum atomic E-state index is 11.9. The lowest BCUT2D eigenvalue weighted by molar-refractivity contribution is 0.0525. The van der Waals surface area contributed by atoms with Gasteiger partial charge in [0.25, 0.3) is 0 Å². The largest absolute Gasteiger partial charge is 0.444 e. The maximum Gasteiger partial charge on any atom is 0.407 e. The van der Waals surface area contributed by atoms with E-state index in [0.717, 1.165) is 29.9 Å². The van der Waals surface area contributed by atoms with Crippen LogP contribution in [0.25, 0.3) is 0 Å². The number of hydrogen-bond donors (Lipinski definition) is 2. The van der Waals surface area contributed by atoms with E-state index in [-0.39, 0.29) is 12.1 Å². The summed E-state index contributed by atoms with van der Waals surface area (Å²) in [4.78, 5) is 15.3. The Labute approximate surface area is 186 Å². The van der Waals surface area contributed by atoms with Crippen LogP contribution < -0.4 is 5.32 Å². The van der Waals surface area contributed by atoms with Gasteiger partial charge in [-0.2, -0.15) is 0 Å². The van der Waals surface area contributed by atoms with Crippen molar-refractivity contribution in [3.8, 4) is 0 Å². The molecule has 2 fully saturated rings. The molecular weight excluding hydrogens is 396 g/mol. The van der Waals surface area contributed by atoms with Gasteiger partial charge in [-0.15, -0.1) is 0 Å². The topological polar surface area (TPSA) is 61.8 Å². The lowest BCUT2D eigenvalue weighted by Gasteiger charge is -2.32. The van der Waals surface area contributed by atoms with Crippen molar-refractivity contribution in [2.75, 3.05) is 13.1 Å². The Kier molecular flexibility index (Phi) is 7.75. The van der Waals surface area contributed by atoms with Crippen LogP contribution in [0, 0.1) is 11.8 Å². The molecule has 1 aliphatic carbocycles. The molecule has 4 atom stereocenters. The predicted octanol–water partition coefficient (Wildman–Crippen LogP) is 4.84. The summed E-state index contributed by atoms with van der Waals surface area (Å²) in [6, 6.07) is 10.2. The standard InChI is InChI=1S/C24H36N2O3S/c1-24(2,3)29-23(28)25-14-9-15-26-20(16-21(27)17-10-5-4-6-11-17)18-12-7-8-13-19(18)22(26)30/h4-6,10-11,18-21,27H,7-9,12-16H2,1-3H3,(H,25,28)/t18-,19+,20+,21+/m1/s1. The van der Waals surface area contributed by atoms with E-state index in [4.69, 9.17) is 17.0 Å². The average Bonchev–Trinajstić information content (AvgIpc) is 2.96. The summed E-state index contributed by atoms with van der Waals surface area (Å²) in [5.74, 6) is 0.990. The molecule has 0 radical (unpaired) electrons. The number of aliphatic hydroxyl groups excluding tert-OH is 1. The number of nitrogens with one attached hydrogen (secondary N) is 1. The summed E-state index contributed by atoms with van der Waals surface area (Å²) in [5.41, 5.74) is 0.476. The van der Waals surface area contributed by atoms with Gasteiger partial charge in [-0.25, -0.2) is 4.79 Å². The minimum Gasteiger partial charge on any atom is -0.444 e. The number of aliphatic hydroxyl groups is 1. The van der Waals surface area contributed by atoms with Gasteiger partial charge >= 0.3 is 6.09 Å². The molecule has 1 amide bonds. The van der Waals surface area contributed by atoms with Crippen molar-refractivity contribution in [1.82, 2.24) is 10.2 Å². The lowest BCUT2D eigenvalue weighted by Crippen LogP contribution is -2.39. The molecule has 6 heteroatoms. The number of carbonyl (C=O) groups is 1. The summed E-state index contributed by atoms with van der Waals surface area (Å²) in [5, 5.41) is 13.7. The minimum atomic E-state index is -0.491. The molecule has 2 N–H and O–H groups in total. The third-order valence-electron chi connectivity index (χ3n) is 6.21. The highest BCUT2D eigenvalue weighted by molar-refractivity contribution is 7.80. The van der Waals surface area contributed by atoms with E-state index in [2.05, 4.69) is 10.2 Å². The quantitative estimate of drug-likeness (QED) is 0.477. The second-order valence-electron chi connectivity index (χ2n) is 9.60. The molecule has 5 nitrogen and oxygen atoms in total. The fourth-order valence-electron chi connectivity index (χ4n) is 4.91. The van der Waals surface area contributed by atoms with Gasteiger partial charge in [-0.3, -0.25) is 0 Å². The first-order valence-electron chi connectivity index (χ1n) is 11.3. The Hall–Kier alpha value is -1.66. The van der Waals surface area contributed by atoms with Crippen molar-refractivity contribution in [2.45, 2.75) is 77.0 Å². The number of carbonyl (C=O) groups excluding carboxylic acids is 1. The number of benzene rings is 1. The smallest absolute Gasteiger partial charge is 0.407 e. The number of fused-ring (bicyclic) bond motifs is 1. The normalized spacial score (nSPS) is 25.0. The first-order valence-corrected chi connectivity index (χ1v) is 11.7. The van der Waals surface area contributed by atoms with Gasteiger partial charge < -0.3 is 20.1 Å². The Morgan fingerprint density at radius 3 is 2.67 bits per heavy atom. The van der Waals surface area contributed by atoms with Crippen LogP contribution in [-0.2, 0) is 4.74 Å². The first kappa shape index (κ1) is 23.0. The van der Waals surface area contributed by atoms with Gasteiger partial charge in [-0.1, -0.05) is 55.4 Å². The zero-order valence-corrected chi connectivity index (χ0v) is 19.3. The summed E-state index contributed by atoms with van der Waals surface area (Å²) < 4.78 is 5.31. The number of alkyl carbamates (subject to hydrolysis) is 1. The maximum absolute atomic E-state index is 11.9. The molecule has 1 saturated carbocycles. The van der Waals surface area contributed by atoms with Gasteiger partial charge in [0.2, 0.25) is 0 Å². The van der Waals surface area contributed by atoms with Gasteiger partial charge in [0, 0.05) is 25.0 Å². The fraction of sp³-hybridized carbons (Fsp3) is 0.667. The molecule has 0 bridgehead atoms. The monoisotopic (exact) mass is 432 g/mol. The van der Waals surface area contributed by atoms with Crippen LogP contribution in [-0.4, -0.2) is 45.8 Å². The summed E-state index contributed by atoms with van der Waals surface area (Å²) in [6.07, 6.45) is 5.47. The second-order valence-corrected chi connectivity index (χ2v) is 10.0. The van der Waals surface area contributed by atoms with Crippen LogP contribution in [0.15, 0.2) is 30.3 Å². The molecule has 1 aromatic carbocycles. The summed E-state index contributed by atoms with van der Waals surface area (Å²) in [6.45, 7) is 6.93. The van der Waals surface area contributed by atoms with E-state index in [0.29, 0.717) is 24.8 Å². The number of ether oxygens (including phenoxy) is 1. The van der Waals surface area contributed by atoms with Crippen LogP contribution in [0.3, 0.4) is 0 Å². The molecule has 3 rings (SSSR count). The van der Waals surface area contributed by atoms with E-state index >= 15 is 0 Å². The Morgan fingerprint density at radius 1 is 1.27 bits per heavy atom. The number of hydrogen-bond acceptors (Lipinski definition) is 4. The first-order chi connectivity index (χ1) is 14.3. The highest BCUT2D eigenvalue weighted by Crippen LogP contribution is 2.44. The van der Waals surface area contributed by atoms with E-state index in [1.165, 1.54) is 19.3 Å². The zero-order valence-electron chi connectivity index (χ0n) is 18.5. The van der Waals surface area contributed by atoms with Crippen LogP contribution >= 0.6 is 12.2 Å². The third kappa shape index (κ3) is 5.94. The predicted molar refractivity (Wildman–Crippen MR) is 123 cm³/mol. The van der Waals surface area contributed by atoms with Crippen molar-refractivity contribution in [1.29, 1.82) is 0 Å². The van der Waals surface area contributed by atoms with Gasteiger partial charge in [0.05, 0.1) is 11.1 Å². The van der Waals surface area contributed by atoms with Crippen molar-refractivity contribution in [3.05, 3.63) is 35.9 Å². The highest BCUT2D eigenvalue weighted by atomic mass is 32.1. The van der Waals surface area contributed by atoms with E-state index in [1.54, 1.807) is 0 Å². The van der Waals surface area contributed by atoms with Crippen LogP contribution in [0.2, 0.25) is 0 Å². The molecule has 166 valence electrons. The number of nitrogens with zero attached hydrogens (tertiary/aromatic N) is 1. The molecule has 0 aromatic heterocycles. The Morgan fingerprint density at radius 2 is 1.97 bits per heavy atom. The molecular formula is C24H36N2O3S. The van der Waals surface area contributed by atoms with Crippen molar-refractivity contribution in [3.63, 3.8) is 0 Å². The highest BCUT2D eigenvalue weighted by Gasteiger charge is 2.46. The molecule has 2 aliphatic rings. The van der Waals surface area contributed by atoms with Crippen molar-refractivity contribution in [2.24, 2.45) is 11.8 Å². The van der Waals surface area contributed by atoms with E-state index < -0.39 is 11.7 Å². The average molecular weight is 433 g/mol. The SMILES string of the molecule is CC(C)(C)OC(=O)NCCCN1C(=S)[C@H]2CCCC[C@H]2[C@@H]1C[C@H](O)c1ccccc1. The van der Waals surface area contributed by atoms with Crippen LogP contribution in [0.4, 0.5) is 4.79 Å². The Balaban J connectivity index is 1.60. The lowest BCUT2D eigenvalue weighted by atomic mass is 9.77. The van der Waals surface area contributed by atoms with E-state index in [9.17, 15) is 9.90 Å². The third-order valence-corrected chi connectivity index (χ3v) is 6.74. The molecule has 0 spiro atoms. The van der Waals surface area contributed by atoms with Gasteiger partial charge in [0.1, 0.15) is 5.60 Å². The Bertz CT molecular complexity index is 719. The number of likely N-dealkylation sites (tertiary alicyclic amines) is 1. The number of thiocarbonyl (C=S) groups is 1. The van der Waals surface area contributed by atoms with Crippen molar-refractivity contribution < 1.29 is 14.6 Å². The number of rotatable bonds is 7. The van der Waals surface area contributed by atoms with Crippen molar-refractivity contribution >= 4 is 23.3 Å². The second kappa shape index (κ2) is 10.1. The van der Waals surface area contributed by atoms with E-state index in [1.807, 2.05) is 51.1 Å². The molecule has 0 unspecified atom stereocenters. The van der Waals surface area contributed by atoms with Gasteiger partial charge in [-0.05, 0) is 57.9 Å². The summed E-state index contributed by atoms with van der Waals surface area (Å²) >= 11 is 5.89.